The molecule has 5 aromatic heterocycles. The highest BCUT2D eigenvalue weighted by molar-refractivity contribution is 5.84. The van der Waals surface area contributed by atoms with Gasteiger partial charge >= 0.3 is 17.6 Å². The lowest BCUT2D eigenvalue weighted by Crippen LogP contribution is -2.39. The monoisotopic (exact) mass is 924 g/mol. The van der Waals surface area contributed by atoms with Crippen LogP contribution >= 0.6 is 0 Å². The maximum absolute atomic E-state index is 16.3. The van der Waals surface area contributed by atoms with E-state index in [2.05, 4.69) is 44.9 Å². The van der Waals surface area contributed by atoms with Gasteiger partial charge in [0.1, 0.15) is 29.9 Å². The first-order valence-electron chi connectivity index (χ1n) is 22.2. The number of aromatic nitrogens is 9. The van der Waals surface area contributed by atoms with Crippen molar-refractivity contribution in [2.45, 2.75) is 89.8 Å². The summed E-state index contributed by atoms with van der Waals surface area (Å²) >= 11 is 0. The molecule has 15 nitrogen and oxygen atoms in total. The Balaban J connectivity index is 1.04. The topological polar surface area (TPSA) is 159 Å². The molecule has 348 valence electrons. The first-order chi connectivity index (χ1) is 32.0. The number of alkyl halides is 3. The number of hydrogen-bond acceptors (Lipinski definition) is 9. The van der Waals surface area contributed by atoms with Crippen molar-refractivity contribution in [1.82, 2.24) is 48.3 Å². The second kappa shape index (κ2) is 15.5. The van der Waals surface area contributed by atoms with Crippen LogP contribution in [0.3, 0.4) is 0 Å². The minimum absolute atomic E-state index is 0.000315. The van der Waals surface area contributed by atoms with Crippen molar-refractivity contribution in [3.63, 3.8) is 0 Å². The predicted octanol–water partition coefficient (Wildman–Crippen LogP) is 7.54. The molecule has 2 aliphatic heterocycles. The molecular formula is C47H45F5N10O5. The fourth-order valence-electron chi connectivity index (χ4n) is 10.7. The Bertz CT molecular complexity index is 3360. The summed E-state index contributed by atoms with van der Waals surface area (Å²) < 4.78 is 88.6. The van der Waals surface area contributed by atoms with Gasteiger partial charge in [-0.15, -0.1) is 0 Å². The molecule has 3 aromatic carbocycles. The minimum Gasteiger partial charge on any atom is -0.381 e. The lowest BCUT2D eigenvalue weighted by molar-refractivity contribution is -0.141. The van der Waals surface area contributed by atoms with E-state index in [4.69, 9.17) is 14.4 Å². The summed E-state index contributed by atoms with van der Waals surface area (Å²) in [6, 6.07) is 13.4. The SMILES string of the molecule is Cc1cc(-n2nc3c(c2-n2ccn(-c4ccc5c(cnn5CC(F)(F)F)c4F)c2=O)[C@H](C)N(C(O)c2cc4cc(C5CCOCC5)ccc4n2[C@@]2(c4noc(=O)[nH]4)C[C@@H]2C)CC3)cc(C)c1F. The Hall–Kier alpha value is -6.64. The number of imidazole rings is 1. The van der Waals surface area contributed by atoms with Gasteiger partial charge in [0, 0.05) is 61.1 Å². The molecular weight excluding hydrogens is 880 g/mol. The summed E-state index contributed by atoms with van der Waals surface area (Å²) in [7, 11) is 0. The van der Waals surface area contributed by atoms with Crippen LogP contribution in [-0.4, -0.2) is 79.3 Å². The molecule has 7 heterocycles. The van der Waals surface area contributed by atoms with Gasteiger partial charge in [-0.25, -0.2) is 23.1 Å². The smallest absolute Gasteiger partial charge is 0.381 e. The molecule has 4 atom stereocenters. The fraction of sp³-hybridized carbons (Fsp3) is 0.383. The number of fused-ring (bicyclic) bond motifs is 3. The number of ether oxygens (including phenoxy) is 1. The first-order valence-corrected chi connectivity index (χ1v) is 22.2. The van der Waals surface area contributed by atoms with E-state index in [9.17, 15) is 27.9 Å². The van der Waals surface area contributed by atoms with E-state index in [0.29, 0.717) is 82.8 Å². The maximum Gasteiger partial charge on any atom is 0.438 e. The number of aliphatic hydroxyl groups is 1. The lowest BCUT2D eigenvalue weighted by Gasteiger charge is -2.38. The van der Waals surface area contributed by atoms with Gasteiger partial charge in [-0.2, -0.15) is 23.4 Å². The molecule has 0 radical (unpaired) electrons. The van der Waals surface area contributed by atoms with Crippen LogP contribution in [0.4, 0.5) is 22.0 Å². The Morgan fingerprint density at radius 2 is 1.67 bits per heavy atom. The molecule has 1 unspecified atom stereocenters. The van der Waals surface area contributed by atoms with Crippen molar-refractivity contribution in [2.24, 2.45) is 5.92 Å². The molecule has 0 amide bonds. The fourth-order valence-corrected chi connectivity index (χ4v) is 10.7. The molecule has 11 rings (SSSR count). The molecule has 1 aliphatic carbocycles. The molecule has 2 N–H and O–H groups in total. The molecule has 3 aliphatic rings. The van der Waals surface area contributed by atoms with Crippen molar-refractivity contribution in [1.29, 1.82) is 0 Å². The van der Waals surface area contributed by atoms with Crippen LogP contribution in [0.15, 0.2) is 81.2 Å². The third kappa shape index (κ3) is 6.81. The van der Waals surface area contributed by atoms with Gasteiger partial charge in [0.2, 0.25) is 0 Å². The van der Waals surface area contributed by atoms with Crippen LogP contribution in [0.25, 0.3) is 39.0 Å². The largest absolute Gasteiger partial charge is 0.438 e. The number of nitrogens with one attached hydrogen (secondary N) is 1. The standard InChI is InChI=1S/C47H45F5N10O5/c1-24-17-31(18-25(2)39(24)48)62-41(59-14-13-58(45(59)65)36-8-7-35-32(40(36)49)22-53-60(35)23-47(50,51)52)38-27(4)57(12-9-33(38)55-62)42(63)37-20-30-19-29(28-10-15-66-16-11-28)5-6-34(30)61(37)46(21-26(46)3)43-54-44(64)67-56-43/h5-8,13-14,17-20,22,26-28,42,63H,9-12,15-16,21,23H2,1-4H3,(H,54,56,64)/t26-,27-,42?,46-/m0/s1. The van der Waals surface area contributed by atoms with Gasteiger partial charge in [-0.3, -0.25) is 28.2 Å². The van der Waals surface area contributed by atoms with Gasteiger partial charge in [0.25, 0.3) is 0 Å². The highest BCUT2D eigenvalue weighted by Gasteiger charge is 2.59. The number of hydrogen-bond donors (Lipinski definition) is 2. The minimum atomic E-state index is -4.60. The summed E-state index contributed by atoms with van der Waals surface area (Å²) in [5, 5.41) is 26.5. The molecule has 2 fully saturated rings. The second-order valence-electron chi connectivity index (χ2n) is 18.2. The highest BCUT2D eigenvalue weighted by Crippen LogP contribution is 2.57. The third-order valence-corrected chi connectivity index (χ3v) is 14.1. The van der Waals surface area contributed by atoms with Crippen LogP contribution in [0.2, 0.25) is 0 Å². The van der Waals surface area contributed by atoms with Gasteiger partial charge < -0.3 is 14.4 Å². The zero-order chi connectivity index (χ0) is 46.8. The summed E-state index contributed by atoms with van der Waals surface area (Å²) in [5.74, 6) is -1.11. The van der Waals surface area contributed by atoms with E-state index in [-0.39, 0.29) is 28.3 Å². The van der Waals surface area contributed by atoms with E-state index >= 15 is 8.78 Å². The Labute approximate surface area is 377 Å². The average Bonchev–Trinajstić information content (AvgIpc) is 3.94. The lowest BCUT2D eigenvalue weighted by atomic mass is 9.91. The Morgan fingerprint density at radius 1 is 0.955 bits per heavy atom. The first kappa shape index (κ1) is 43.0. The van der Waals surface area contributed by atoms with Gasteiger partial charge in [0.15, 0.2) is 11.6 Å². The Morgan fingerprint density at radius 3 is 2.36 bits per heavy atom. The molecule has 0 spiro atoms. The maximum atomic E-state index is 16.3. The number of nitrogens with zero attached hydrogens (tertiary/aromatic N) is 9. The zero-order valence-corrected chi connectivity index (χ0v) is 36.8. The number of aliphatic hydroxyl groups excluding tert-OH is 1. The van der Waals surface area contributed by atoms with Crippen molar-refractivity contribution < 1.29 is 36.3 Å². The van der Waals surface area contributed by atoms with Crippen LogP contribution in [0.1, 0.15) is 90.8 Å². The number of benzene rings is 3. The summed E-state index contributed by atoms with van der Waals surface area (Å²) in [5.41, 5.74) is 3.01. The van der Waals surface area contributed by atoms with Crippen molar-refractivity contribution in [2.75, 3.05) is 19.8 Å². The Kier molecular flexibility index (Phi) is 9.91. The molecule has 0 bridgehead atoms. The van der Waals surface area contributed by atoms with E-state index in [0.717, 1.165) is 40.1 Å². The van der Waals surface area contributed by atoms with Crippen LogP contribution in [-0.2, 0) is 23.2 Å². The molecule has 67 heavy (non-hydrogen) atoms. The van der Waals surface area contributed by atoms with E-state index < -0.39 is 53.6 Å². The predicted molar refractivity (Wildman–Crippen MR) is 234 cm³/mol. The van der Waals surface area contributed by atoms with Crippen molar-refractivity contribution >= 4 is 21.8 Å². The number of aryl methyl sites for hydroxylation is 2. The highest BCUT2D eigenvalue weighted by atomic mass is 19.4. The third-order valence-electron chi connectivity index (χ3n) is 14.1. The van der Waals surface area contributed by atoms with Crippen LogP contribution in [0, 0.1) is 31.4 Å². The summed E-state index contributed by atoms with van der Waals surface area (Å²) in [6.45, 7) is 7.45. The van der Waals surface area contributed by atoms with Gasteiger partial charge in [-0.1, -0.05) is 18.1 Å². The number of aromatic amines is 1. The van der Waals surface area contributed by atoms with E-state index in [1.807, 2.05) is 17.9 Å². The number of H-pyrrole nitrogens is 1. The molecule has 1 saturated carbocycles. The molecule has 8 aromatic rings. The zero-order valence-electron chi connectivity index (χ0n) is 36.8. The van der Waals surface area contributed by atoms with Gasteiger partial charge in [0.05, 0.1) is 39.9 Å². The van der Waals surface area contributed by atoms with E-state index in [1.165, 1.54) is 29.1 Å². The second-order valence-corrected chi connectivity index (χ2v) is 18.2. The van der Waals surface area contributed by atoms with Gasteiger partial charge in [-0.05, 0) is 111 Å². The van der Waals surface area contributed by atoms with Crippen LogP contribution < -0.4 is 11.4 Å². The van der Waals surface area contributed by atoms with Crippen molar-refractivity contribution in [3.05, 3.63) is 139 Å². The number of halogens is 5. The van der Waals surface area contributed by atoms with Crippen LogP contribution in [0.5, 0.6) is 0 Å². The molecule has 1 saturated heterocycles. The molecule has 20 heteroatoms. The normalized spacial score (nSPS) is 20.9. The average molecular weight is 925 g/mol. The summed E-state index contributed by atoms with van der Waals surface area (Å²) in [4.78, 5) is 31.8. The van der Waals surface area contributed by atoms with Crippen molar-refractivity contribution in [3.8, 4) is 17.2 Å². The number of rotatable bonds is 9. The summed E-state index contributed by atoms with van der Waals surface area (Å²) in [6.07, 6.45) is 0.653. The van der Waals surface area contributed by atoms with E-state index in [1.54, 1.807) is 30.7 Å². The quantitative estimate of drug-likeness (QED) is 0.140.